The summed E-state index contributed by atoms with van der Waals surface area (Å²) in [5.41, 5.74) is 5.96. The van der Waals surface area contributed by atoms with Crippen LogP contribution in [0.3, 0.4) is 0 Å². The lowest BCUT2D eigenvalue weighted by Gasteiger charge is -2.15. The molecule has 0 aliphatic heterocycles. The molecule has 21 heavy (non-hydrogen) atoms. The van der Waals surface area contributed by atoms with E-state index >= 15 is 0 Å². The van der Waals surface area contributed by atoms with Gasteiger partial charge in [0.05, 0.1) is 0 Å². The molecular formula is C15H13F3N2O. The van der Waals surface area contributed by atoms with Crippen molar-refractivity contribution in [2.75, 3.05) is 0 Å². The Hall–Kier alpha value is -2.37. The second-order valence-corrected chi connectivity index (χ2v) is 4.65. The number of halogens is 3. The van der Waals surface area contributed by atoms with Crippen LogP contribution < -0.4 is 5.73 Å². The normalized spacial score (nSPS) is 13.0. The summed E-state index contributed by atoms with van der Waals surface area (Å²) < 4.78 is 37.5. The first kappa shape index (κ1) is 15.0. The molecule has 2 N–H and O–H groups in total. The summed E-state index contributed by atoms with van der Waals surface area (Å²) in [4.78, 5) is 14.8. The van der Waals surface area contributed by atoms with Gasteiger partial charge in [0, 0.05) is 17.7 Å². The van der Waals surface area contributed by atoms with Crippen molar-refractivity contribution in [3.8, 4) is 0 Å². The zero-order valence-electron chi connectivity index (χ0n) is 11.2. The van der Waals surface area contributed by atoms with E-state index in [2.05, 4.69) is 4.98 Å². The highest BCUT2D eigenvalue weighted by molar-refractivity contribution is 5.94. The number of hydrogen-bond acceptors (Lipinski definition) is 2. The molecule has 0 saturated heterocycles. The number of carbonyl (C=O) groups is 1. The molecule has 1 aromatic heterocycles. The van der Waals surface area contributed by atoms with E-state index < -0.39 is 17.8 Å². The van der Waals surface area contributed by atoms with Gasteiger partial charge in [-0.15, -0.1) is 0 Å². The molecular weight excluding hydrogens is 281 g/mol. The molecule has 1 amide bonds. The number of primary amides is 1. The smallest absolute Gasteiger partial charge is 0.366 e. The van der Waals surface area contributed by atoms with Crippen LogP contribution >= 0.6 is 0 Å². The Balaban J connectivity index is 2.37. The van der Waals surface area contributed by atoms with Gasteiger partial charge >= 0.3 is 6.18 Å². The predicted molar refractivity (Wildman–Crippen MR) is 71.7 cm³/mol. The number of nitrogens with zero attached hydrogens (tertiary/aromatic N) is 1. The van der Waals surface area contributed by atoms with E-state index in [0.717, 1.165) is 6.07 Å². The minimum absolute atomic E-state index is 0.288. The first-order chi connectivity index (χ1) is 9.80. The number of rotatable bonds is 3. The first-order valence-corrected chi connectivity index (χ1v) is 6.22. The topological polar surface area (TPSA) is 56.0 Å². The molecule has 1 aromatic carbocycles. The van der Waals surface area contributed by atoms with E-state index in [1.165, 1.54) is 12.3 Å². The molecule has 1 heterocycles. The summed E-state index contributed by atoms with van der Waals surface area (Å²) in [5, 5.41) is 0. The van der Waals surface area contributed by atoms with Gasteiger partial charge in [-0.1, -0.05) is 31.2 Å². The van der Waals surface area contributed by atoms with Crippen molar-refractivity contribution >= 4 is 5.91 Å². The number of hydrogen-bond donors (Lipinski definition) is 1. The molecule has 3 nitrogen and oxygen atoms in total. The molecule has 0 saturated carbocycles. The van der Waals surface area contributed by atoms with Gasteiger partial charge in [0.1, 0.15) is 5.69 Å². The number of aromatic nitrogens is 1. The largest absolute Gasteiger partial charge is 0.433 e. The minimum atomic E-state index is -4.47. The number of amides is 1. The van der Waals surface area contributed by atoms with Gasteiger partial charge in [-0.25, -0.2) is 0 Å². The van der Waals surface area contributed by atoms with Crippen LogP contribution in [0.15, 0.2) is 42.6 Å². The molecule has 0 radical (unpaired) electrons. The third-order valence-electron chi connectivity index (χ3n) is 3.27. The summed E-state index contributed by atoms with van der Waals surface area (Å²) in [7, 11) is 0. The fourth-order valence-corrected chi connectivity index (χ4v) is 2.11. The molecule has 2 rings (SSSR count). The van der Waals surface area contributed by atoms with Crippen molar-refractivity contribution in [3.63, 3.8) is 0 Å². The van der Waals surface area contributed by atoms with Crippen molar-refractivity contribution < 1.29 is 18.0 Å². The number of alkyl halides is 3. The molecule has 0 aliphatic rings. The second-order valence-electron chi connectivity index (χ2n) is 4.65. The zero-order valence-corrected chi connectivity index (χ0v) is 11.2. The quantitative estimate of drug-likeness (QED) is 0.943. The molecule has 2 aromatic rings. The van der Waals surface area contributed by atoms with Crippen molar-refractivity contribution in [2.24, 2.45) is 5.73 Å². The molecule has 6 heteroatoms. The van der Waals surface area contributed by atoms with Crippen LogP contribution in [0, 0.1) is 0 Å². The van der Waals surface area contributed by atoms with E-state index in [1.54, 1.807) is 31.2 Å². The fourth-order valence-electron chi connectivity index (χ4n) is 2.11. The van der Waals surface area contributed by atoms with Crippen LogP contribution in [0.5, 0.6) is 0 Å². The van der Waals surface area contributed by atoms with Crippen molar-refractivity contribution in [3.05, 3.63) is 65.0 Å². The van der Waals surface area contributed by atoms with Crippen LogP contribution in [0.2, 0.25) is 0 Å². The molecule has 0 fully saturated rings. The van der Waals surface area contributed by atoms with Gasteiger partial charge in [-0.3, -0.25) is 9.78 Å². The van der Waals surface area contributed by atoms with Crippen LogP contribution in [-0.4, -0.2) is 10.9 Å². The van der Waals surface area contributed by atoms with Gasteiger partial charge in [0.2, 0.25) is 5.91 Å². The highest BCUT2D eigenvalue weighted by Gasteiger charge is 2.32. The summed E-state index contributed by atoms with van der Waals surface area (Å²) in [6, 6.07) is 9.03. The van der Waals surface area contributed by atoms with Crippen molar-refractivity contribution in [1.29, 1.82) is 0 Å². The number of nitrogens with two attached hydrogens (primary N) is 1. The highest BCUT2D eigenvalue weighted by Crippen LogP contribution is 2.30. The Labute approximate surface area is 119 Å². The third-order valence-corrected chi connectivity index (χ3v) is 3.27. The minimum Gasteiger partial charge on any atom is -0.366 e. The maximum absolute atomic E-state index is 12.5. The molecule has 0 spiro atoms. The lowest BCUT2D eigenvalue weighted by Crippen LogP contribution is -2.15. The second kappa shape index (κ2) is 5.55. The Kier molecular flexibility index (Phi) is 3.97. The Bertz CT molecular complexity index is 651. The van der Waals surface area contributed by atoms with Crippen LogP contribution in [0.25, 0.3) is 0 Å². The molecule has 0 bridgehead atoms. The number of benzene rings is 1. The van der Waals surface area contributed by atoms with E-state index in [-0.39, 0.29) is 5.92 Å². The van der Waals surface area contributed by atoms with Gasteiger partial charge in [0.15, 0.2) is 0 Å². The number of carbonyl (C=O) groups excluding carboxylic acids is 1. The van der Waals surface area contributed by atoms with Crippen molar-refractivity contribution in [1.82, 2.24) is 4.98 Å². The maximum Gasteiger partial charge on any atom is 0.433 e. The standard InChI is InChI=1S/C15H13F3N2O/c1-9(11-4-2-3-5-12(11)14(19)21)10-6-7-13(20-8-10)15(16,17)18/h2-9H,1H3,(H2,19,21)/t9-/m0/s1. The zero-order chi connectivity index (χ0) is 15.6. The Morgan fingerprint density at radius 1 is 1.19 bits per heavy atom. The van der Waals surface area contributed by atoms with Gasteiger partial charge < -0.3 is 5.73 Å². The van der Waals surface area contributed by atoms with Crippen molar-refractivity contribution in [2.45, 2.75) is 19.0 Å². The van der Waals surface area contributed by atoms with E-state index in [4.69, 9.17) is 5.73 Å². The average molecular weight is 294 g/mol. The SMILES string of the molecule is C[C@@H](c1ccc(C(F)(F)F)nc1)c1ccccc1C(N)=O. The molecule has 0 unspecified atom stereocenters. The fraction of sp³-hybridized carbons (Fsp3) is 0.200. The predicted octanol–water partition coefficient (Wildman–Crippen LogP) is 3.35. The molecule has 0 aliphatic carbocycles. The highest BCUT2D eigenvalue weighted by atomic mass is 19.4. The number of pyridine rings is 1. The maximum atomic E-state index is 12.5. The molecule has 1 atom stereocenters. The van der Waals surface area contributed by atoms with Gasteiger partial charge in [0.25, 0.3) is 0 Å². The van der Waals surface area contributed by atoms with Crippen LogP contribution in [-0.2, 0) is 6.18 Å². The Morgan fingerprint density at radius 3 is 2.38 bits per heavy atom. The third kappa shape index (κ3) is 3.21. The summed E-state index contributed by atoms with van der Waals surface area (Å²) in [6.45, 7) is 1.78. The lowest BCUT2D eigenvalue weighted by molar-refractivity contribution is -0.141. The van der Waals surface area contributed by atoms with E-state index in [1.807, 2.05) is 0 Å². The van der Waals surface area contributed by atoms with E-state index in [0.29, 0.717) is 16.7 Å². The first-order valence-electron chi connectivity index (χ1n) is 6.22. The Morgan fingerprint density at radius 2 is 1.86 bits per heavy atom. The summed E-state index contributed by atoms with van der Waals surface area (Å²) in [6.07, 6.45) is -3.29. The van der Waals surface area contributed by atoms with Gasteiger partial charge in [-0.05, 0) is 23.3 Å². The monoisotopic (exact) mass is 294 g/mol. The average Bonchev–Trinajstić information content (AvgIpc) is 2.45. The summed E-state index contributed by atoms with van der Waals surface area (Å²) >= 11 is 0. The van der Waals surface area contributed by atoms with Crippen LogP contribution in [0.4, 0.5) is 13.2 Å². The lowest BCUT2D eigenvalue weighted by atomic mass is 9.90. The van der Waals surface area contributed by atoms with Gasteiger partial charge in [-0.2, -0.15) is 13.2 Å². The van der Waals surface area contributed by atoms with E-state index in [9.17, 15) is 18.0 Å². The summed E-state index contributed by atoms with van der Waals surface area (Å²) in [5.74, 6) is -0.860. The van der Waals surface area contributed by atoms with Crippen LogP contribution in [0.1, 0.15) is 40.0 Å². The molecule has 110 valence electrons.